The van der Waals surface area contributed by atoms with Gasteiger partial charge in [-0.3, -0.25) is 9.59 Å². The molecule has 164 valence electrons. The van der Waals surface area contributed by atoms with Gasteiger partial charge in [0, 0.05) is 11.3 Å². The first-order valence-corrected chi connectivity index (χ1v) is 10.4. The van der Waals surface area contributed by atoms with Crippen LogP contribution in [0.5, 0.6) is 5.75 Å². The van der Waals surface area contributed by atoms with Crippen molar-refractivity contribution in [2.24, 2.45) is 5.10 Å². The first kappa shape index (κ1) is 23.0. The molecule has 0 aromatic heterocycles. The minimum atomic E-state index is -0.304. The summed E-state index contributed by atoms with van der Waals surface area (Å²) in [6, 6.07) is 18.1. The van der Waals surface area contributed by atoms with Crippen molar-refractivity contribution in [3.63, 3.8) is 0 Å². The number of rotatable bonds is 7. The molecular formula is C25H24ClN3O3. The van der Waals surface area contributed by atoms with E-state index < -0.39 is 0 Å². The van der Waals surface area contributed by atoms with Gasteiger partial charge in [-0.25, -0.2) is 5.43 Å². The molecule has 0 spiro atoms. The average Bonchev–Trinajstić information content (AvgIpc) is 2.76. The number of amides is 2. The highest BCUT2D eigenvalue weighted by atomic mass is 35.5. The van der Waals surface area contributed by atoms with Crippen LogP contribution in [0.3, 0.4) is 0 Å². The molecule has 0 unspecified atom stereocenters. The van der Waals surface area contributed by atoms with E-state index in [1.807, 2.05) is 51.1 Å². The molecule has 3 aromatic rings. The van der Waals surface area contributed by atoms with Crippen molar-refractivity contribution in [3.8, 4) is 5.75 Å². The largest absolute Gasteiger partial charge is 0.482 e. The number of hydrogen-bond acceptors (Lipinski definition) is 4. The van der Waals surface area contributed by atoms with E-state index in [9.17, 15) is 9.59 Å². The Labute approximate surface area is 192 Å². The van der Waals surface area contributed by atoms with E-state index in [1.54, 1.807) is 30.3 Å². The number of ether oxygens (including phenoxy) is 1. The lowest BCUT2D eigenvalue weighted by molar-refractivity contribution is -0.118. The highest BCUT2D eigenvalue weighted by molar-refractivity contribution is 6.32. The number of nitrogens with one attached hydrogen (secondary N) is 2. The standard InChI is InChI=1S/C25H24ClN3O3/c1-16-5-9-20(10-6-16)25(31)29-27-14-19-8-11-23(21(26)13-19)32-15-24(30)28-22-12-17(2)4-7-18(22)3/h4-14H,15H2,1-3H3,(H,28,30)(H,29,31)/b27-14+. The molecule has 7 heteroatoms. The minimum Gasteiger partial charge on any atom is -0.482 e. The molecule has 6 nitrogen and oxygen atoms in total. The van der Waals surface area contributed by atoms with E-state index in [-0.39, 0.29) is 18.4 Å². The lowest BCUT2D eigenvalue weighted by Crippen LogP contribution is -2.20. The maximum absolute atomic E-state index is 12.2. The number of hydrogen-bond donors (Lipinski definition) is 2. The quantitative estimate of drug-likeness (QED) is 0.391. The third-order valence-corrected chi connectivity index (χ3v) is 4.97. The van der Waals surface area contributed by atoms with Gasteiger partial charge < -0.3 is 10.1 Å². The summed E-state index contributed by atoms with van der Waals surface area (Å²) < 4.78 is 5.55. The smallest absolute Gasteiger partial charge is 0.271 e. The molecule has 0 heterocycles. The van der Waals surface area contributed by atoms with E-state index in [4.69, 9.17) is 16.3 Å². The van der Waals surface area contributed by atoms with Gasteiger partial charge in [0.15, 0.2) is 6.61 Å². The maximum Gasteiger partial charge on any atom is 0.271 e. The van der Waals surface area contributed by atoms with Crippen molar-refractivity contribution in [2.75, 3.05) is 11.9 Å². The van der Waals surface area contributed by atoms with E-state index in [0.29, 0.717) is 21.9 Å². The summed E-state index contributed by atoms with van der Waals surface area (Å²) in [5.41, 5.74) is 7.53. The first-order chi connectivity index (χ1) is 15.3. The zero-order chi connectivity index (χ0) is 23.1. The maximum atomic E-state index is 12.2. The second kappa shape index (κ2) is 10.6. The number of aryl methyl sites for hydroxylation is 3. The summed E-state index contributed by atoms with van der Waals surface area (Å²) in [4.78, 5) is 24.3. The molecule has 0 atom stereocenters. The van der Waals surface area contributed by atoms with E-state index in [0.717, 1.165) is 22.4 Å². The number of benzene rings is 3. The fraction of sp³-hybridized carbons (Fsp3) is 0.160. The van der Waals surface area contributed by atoms with Crippen LogP contribution in [0.1, 0.15) is 32.6 Å². The van der Waals surface area contributed by atoms with E-state index >= 15 is 0 Å². The van der Waals surface area contributed by atoms with Crippen molar-refractivity contribution in [1.82, 2.24) is 5.43 Å². The fourth-order valence-electron chi connectivity index (χ4n) is 2.85. The van der Waals surface area contributed by atoms with Crippen molar-refractivity contribution in [2.45, 2.75) is 20.8 Å². The van der Waals surface area contributed by atoms with Gasteiger partial charge in [0.1, 0.15) is 5.75 Å². The monoisotopic (exact) mass is 449 g/mol. The highest BCUT2D eigenvalue weighted by Crippen LogP contribution is 2.25. The normalized spacial score (nSPS) is 10.8. The Morgan fingerprint density at radius 1 is 0.969 bits per heavy atom. The molecule has 0 fully saturated rings. The Morgan fingerprint density at radius 3 is 2.41 bits per heavy atom. The lowest BCUT2D eigenvalue weighted by atomic mass is 10.1. The summed E-state index contributed by atoms with van der Waals surface area (Å²) in [5, 5.41) is 7.13. The van der Waals surface area contributed by atoms with Crippen LogP contribution < -0.4 is 15.5 Å². The number of halogens is 1. The van der Waals surface area contributed by atoms with Gasteiger partial charge in [0.25, 0.3) is 11.8 Å². The molecule has 0 saturated heterocycles. The molecule has 0 bridgehead atoms. The molecule has 2 N–H and O–H groups in total. The van der Waals surface area contributed by atoms with Crippen LogP contribution in [0.2, 0.25) is 5.02 Å². The average molecular weight is 450 g/mol. The molecule has 0 aliphatic rings. The molecule has 0 saturated carbocycles. The van der Waals surface area contributed by atoms with Gasteiger partial charge in [-0.1, -0.05) is 41.4 Å². The molecule has 0 aliphatic heterocycles. The van der Waals surface area contributed by atoms with Gasteiger partial charge in [0.2, 0.25) is 0 Å². The Morgan fingerprint density at radius 2 is 1.69 bits per heavy atom. The third kappa shape index (κ3) is 6.43. The zero-order valence-corrected chi connectivity index (χ0v) is 18.9. The van der Waals surface area contributed by atoms with E-state index in [1.165, 1.54) is 6.21 Å². The second-order valence-corrected chi connectivity index (χ2v) is 7.82. The Hall–Kier alpha value is -3.64. The molecule has 3 aromatic carbocycles. The van der Waals surface area contributed by atoms with Gasteiger partial charge in [0.05, 0.1) is 11.2 Å². The van der Waals surface area contributed by atoms with Crippen LogP contribution in [-0.4, -0.2) is 24.6 Å². The minimum absolute atomic E-state index is 0.173. The Bertz CT molecular complexity index is 1160. The van der Waals surface area contributed by atoms with Crippen molar-refractivity contribution < 1.29 is 14.3 Å². The van der Waals surface area contributed by atoms with Crippen molar-refractivity contribution >= 4 is 35.3 Å². The summed E-state index contributed by atoms with van der Waals surface area (Å²) in [6.07, 6.45) is 1.48. The van der Waals surface area contributed by atoms with Crippen LogP contribution in [0.25, 0.3) is 0 Å². The molecule has 2 amide bonds. The molecule has 3 rings (SSSR count). The summed E-state index contributed by atoms with van der Waals surface area (Å²) in [7, 11) is 0. The third-order valence-electron chi connectivity index (χ3n) is 4.68. The highest BCUT2D eigenvalue weighted by Gasteiger charge is 2.09. The first-order valence-electron chi connectivity index (χ1n) is 10.0. The Kier molecular flexibility index (Phi) is 7.63. The van der Waals surface area contributed by atoms with Crippen molar-refractivity contribution in [3.05, 3.63) is 93.5 Å². The Balaban J connectivity index is 1.53. The fourth-order valence-corrected chi connectivity index (χ4v) is 3.09. The number of carbonyl (C=O) groups is 2. The van der Waals surface area contributed by atoms with Gasteiger partial charge >= 0.3 is 0 Å². The van der Waals surface area contributed by atoms with Crippen molar-refractivity contribution in [1.29, 1.82) is 0 Å². The number of carbonyl (C=O) groups excluding carboxylic acids is 2. The number of anilines is 1. The number of hydrazone groups is 1. The van der Waals surface area contributed by atoms with Crippen LogP contribution in [0.4, 0.5) is 5.69 Å². The number of nitrogens with zero attached hydrogens (tertiary/aromatic N) is 1. The van der Waals surface area contributed by atoms with Crippen LogP contribution in [-0.2, 0) is 4.79 Å². The molecule has 32 heavy (non-hydrogen) atoms. The summed E-state index contributed by atoms with van der Waals surface area (Å²) in [6.45, 7) is 5.67. The summed E-state index contributed by atoms with van der Waals surface area (Å²) >= 11 is 6.27. The van der Waals surface area contributed by atoms with Gasteiger partial charge in [-0.2, -0.15) is 5.10 Å². The van der Waals surface area contributed by atoms with Crippen LogP contribution >= 0.6 is 11.6 Å². The molecule has 0 aliphatic carbocycles. The van der Waals surface area contributed by atoms with E-state index in [2.05, 4.69) is 15.8 Å². The predicted molar refractivity (Wildman–Crippen MR) is 128 cm³/mol. The topological polar surface area (TPSA) is 79.8 Å². The molecule has 0 radical (unpaired) electrons. The lowest BCUT2D eigenvalue weighted by Gasteiger charge is -2.11. The zero-order valence-electron chi connectivity index (χ0n) is 18.1. The second-order valence-electron chi connectivity index (χ2n) is 7.41. The molecular weight excluding hydrogens is 426 g/mol. The predicted octanol–water partition coefficient (Wildman–Crippen LogP) is 5.05. The van der Waals surface area contributed by atoms with Crippen LogP contribution in [0, 0.1) is 20.8 Å². The van der Waals surface area contributed by atoms with Gasteiger partial charge in [-0.15, -0.1) is 0 Å². The SMILES string of the molecule is Cc1ccc(C(=O)N/N=C/c2ccc(OCC(=O)Nc3cc(C)ccc3C)c(Cl)c2)cc1. The van der Waals surface area contributed by atoms with Gasteiger partial charge in [-0.05, 0) is 73.9 Å². The summed E-state index contributed by atoms with van der Waals surface area (Å²) in [5.74, 6) is -0.204. The van der Waals surface area contributed by atoms with Crippen LogP contribution in [0.15, 0.2) is 65.8 Å².